The Kier molecular flexibility index (Phi) is 5.89. The van der Waals surface area contributed by atoms with Crippen molar-refractivity contribution in [2.24, 2.45) is 0 Å². The molecule has 0 saturated carbocycles. The number of hydrogen-bond donors (Lipinski definition) is 3. The summed E-state index contributed by atoms with van der Waals surface area (Å²) in [5.41, 5.74) is 6.54. The molecule has 29 heavy (non-hydrogen) atoms. The highest BCUT2D eigenvalue weighted by atomic mass is 32.2. The minimum absolute atomic E-state index is 0.00967. The van der Waals surface area contributed by atoms with Crippen molar-refractivity contribution in [1.29, 1.82) is 0 Å². The van der Waals surface area contributed by atoms with Gasteiger partial charge < -0.3 is 0 Å². The van der Waals surface area contributed by atoms with Gasteiger partial charge in [-0.25, -0.2) is 8.42 Å². The molecule has 0 radical (unpaired) electrons. The number of nitrogens with zero attached hydrogens (tertiary/aromatic N) is 1. The van der Waals surface area contributed by atoms with Crippen LogP contribution in [0.3, 0.4) is 0 Å². The Labute approximate surface area is 168 Å². The van der Waals surface area contributed by atoms with Gasteiger partial charge in [0, 0.05) is 29.2 Å². The maximum Gasteiger partial charge on any atom is 0.269 e. The Balaban J connectivity index is 1.63. The van der Waals surface area contributed by atoms with Crippen molar-refractivity contribution in [1.82, 2.24) is 15.8 Å². The fraction of sp³-hybridized carbons (Fsp3) is 0.0500. The van der Waals surface area contributed by atoms with E-state index in [0.29, 0.717) is 11.3 Å². The number of amides is 2. The molecule has 0 unspecified atom stereocenters. The van der Waals surface area contributed by atoms with E-state index in [4.69, 9.17) is 0 Å². The zero-order chi connectivity index (χ0) is 20.9. The van der Waals surface area contributed by atoms with Gasteiger partial charge in [0.2, 0.25) is 0 Å². The van der Waals surface area contributed by atoms with E-state index in [1.807, 2.05) is 6.92 Å². The second kappa shape index (κ2) is 8.53. The molecule has 0 saturated heterocycles. The first-order valence-electron chi connectivity index (χ1n) is 8.55. The number of carbonyl (C=O) groups excluding carboxylic acids is 2. The molecule has 1 heterocycles. The molecule has 0 spiro atoms. The summed E-state index contributed by atoms with van der Waals surface area (Å²) in [6.07, 6.45) is 2.92. The van der Waals surface area contributed by atoms with Crippen LogP contribution < -0.4 is 15.6 Å². The summed E-state index contributed by atoms with van der Waals surface area (Å²) in [5.74, 6) is -1.08. The molecule has 0 aliphatic carbocycles. The largest absolute Gasteiger partial charge is 0.280 e. The smallest absolute Gasteiger partial charge is 0.269 e. The number of carbonyl (C=O) groups is 2. The second-order valence-electron chi connectivity index (χ2n) is 6.14. The van der Waals surface area contributed by atoms with Gasteiger partial charge in [-0.3, -0.25) is 30.1 Å². The summed E-state index contributed by atoms with van der Waals surface area (Å²) in [6, 6.07) is 15.3. The number of nitrogens with one attached hydrogen (secondary N) is 3. The number of pyridine rings is 1. The summed E-state index contributed by atoms with van der Waals surface area (Å²) in [6.45, 7) is 1.90. The Bertz CT molecular complexity index is 1110. The van der Waals surface area contributed by atoms with Crippen LogP contribution in [0.15, 0.2) is 78.0 Å². The highest BCUT2D eigenvalue weighted by molar-refractivity contribution is 7.92. The predicted octanol–water partition coefficient (Wildman–Crippen LogP) is 2.27. The number of hydrogen-bond acceptors (Lipinski definition) is 5. The molecule has 148 valence electrons. The number of aromatic nitrogens is 1. The molecule has 0 aliphatic heterocycles. The Morgan fingerprint density at radius 3 is 1.83 bits per heavy atom. The van der Waals surface area contributed by atoms with Gasteiger partial charge in [-0.15, -0.1) is 0 Å². The van der Waals surface area contributed by atoms with Crippen molar-refractivity contribution < 1.29 is 18.0 Å². The molecule has 3 aromatic rings. The Hall–Kier alpha value is -3.72. The van der Waals surface area contributed by atoms with Crippen LogP contribution >= 0.6 is 0 Å². The predicted molar refractivity (Wildman–Crippen MR) is 108 cm³/mol. The van der Waals surface area contributed by atoms with Crippen LogP contribution in [0.1, 0.15) is 26.3 Å². The fourth-order valence-corrected chi connectivity index (χ4v) is 3.44. The Morgan fingerprint density at radius 1 is 0.759 bits per heavy atom. The van der Waals surface area contributed by atoms with Gasteiger partial charge in [0.1, 0.15) is 0 Å². The number of anilines is 1. The monoisotopic (exact) mass is 410 g/mol. The third-order valence-corrected chi connectivity index (χ3v) is 5.36. The van der Waals surface area contributed by atoms with Gasteiger partial charge in [0.05, 0.1) is 4.90 Å². The van der Waals surface area contributed by atoms with E-state index in [2.05, 4.69) is 20.6 Å². The summed E-state index contributed by atoms with van der Waals surface area (Å²) in [7, 11) is -3.79. The maximum atomic E-state index is 12.5. The number of sulfonamides is 1. The molecule has 0 atom stereocenters. The lowest BCUT2D eigenvalue weighted by Crippen LogP contribution is -2.41. The van der Waals surface area contributed by atoms with Crippen LogP contribution in [0.2, 0.25) is 0 Å². The van der Waals surface area contributed by atoms with Crippen molar-refractivity contribution in [3.63, 3.8) is 0 Å². The van der Waals surface area contributed by atoms with Gasteiger partial charge in [-0.1, -0.05) is 17.7 Å². The van der Waals surface area contributed by atoms with Gasteiger partial charge >= 0.3 is 0 Å². The molecule has 1 aromatic heterocycles. The normalized spacial score (nSPS) is 10.8. The van der Waals surface area contributed by atoms with Crippen molar-refractivity contribution in [2.45, 2.75) is 11.8 Å². The van der Waals surface area contributed by atoms with Crippen molar-refractivity contribution in [3.05, 3.63) is 89.7 Å². The molecule has 3 rings (SSSR count). The molecular formula is C20H18N4O4S. The first-order chi connectivity index (χ1) is 13.8. The van der Waals surface area contributed by atoms with E-state index in [0.717, 1.165) is 5.56 Å². The summed E-state index contributed by atoms with van der Waals surface area (Å²) in [4.78, 5) is 27.9. The summed E-state index contributed by atoms with van der Waals surface area (Å²) in [5, 5.41) is 0. The summed E-state index contributed by atoms with van der Waals surface area (Å²) < 4.78 is 27.4. The third-order valence-electron chi connectivity index (χ3n) is 3.96. The average Bonchev–Trinajstić information content (AvgIpc) is 2.74. The Morgan fingerprint density at radius 2 is 1.28 bits per heavy atom. The van der Waals surface area contributed by atoms with Crippen LogP contribution in [0.4, 0.5) is 5.69 Å². The zero-order valence-corrected chi connectivity index (χ0v) is 16.2. The van der Waals surface area contributed by atoms with Crippen LogP contribution in [0, 0.1) is 6.92 Å². The highest BCUT2D eigenvalue weighted by Crippen LogP contribution is 2.17. The molecule has 0 fully saturated rings. The van der Waals surface area contributed by atoms with Gasteiger partial charge in [-0.05, 0) is 55.5 Å². The van der Waals surface area contributed by atoms with E-state index in [1.165, 1.54) is 48.8 Å². The lowest BCUT2D eigenvalue weighted by Gasteiger charge is -2.10. The molecule has 0 aliphatic rings. The molecule has 3 N–H and O–H groups in total. The minimum Gasteiger partial charge on any atom is -0.280 e. The van der Waals surface area contributed by atoms with E-state index in [9.17, 15) is 18.0 Å². The maximum absolute atomic E-state index is 12.5. The summed E-state index contributed by atoms with van der Waals surface area (Å²) >= 11 is 0. The third kappa shape index (κ3) is 5.17. The first-order valence-corrected chi connectivity index (χ1v) is 10.0. The average molecular weight is 410 g/mol. The van der Waals surface area contributed by atoms with Crippen LogP contribution in [-0.2, 0) is 10.0 Å². The molecule has 9 heteroatoms. The lowest BCUT2D eigenvalue weighted by molar-refractivity contribution is 0.0846. The quantitative estimate of drug-likeness (QED) is 0.558. The van der Waals surface area contributed by atoms with E-state index >= 15 is 0 Å². The first kappa shape index (κ1) is 20.0. The van der Waals surface area contributed by atoms with Crippen molar-refractivity contribution in [3.8, 4) is 0 Å². The molecular weight excluding hydrogens is 392 g/mol. The highest BCUT2D eigenvalue weighted by Gasteiger charge is 2.15. The lowest BCUT2D eigenvalue weighted by atomic mass is 10.2. The van der Waals surface area contributed by atoms with E-state index in [-0.39, 0.29) is 10.5 Å². The van der Waals surface area contributed by atoms with E-state index < -0.39 is 21.8 Å². The van der Waals surface area contributed by atoms with Crippen molar-refractivity contribution in [2.75, 3.05) is 4.72 Å². The molecule has 8 nitrogen and oxygen atoms in total. The molecule has 0 bridgehead atoms. The van der Waals surface area contributed by atoms with Gasteiger partial charge in [0.15, 0.2) is 0 Å². The fourth-order valence-electron chi connectivity index (χ4n) is 2.38. The molecule has 2 aromatic carbocycles. The number of benzene rings is 2. The molecule has 2 amide bonds. The minimum atomic E-state index is -3.79. The van der Waals surface area contributed by atoms with Gasteiger partial charge in [-0.2, -0.15) is 0 Å². The number of hydrazine groups is 1. The van der Waals surface area contributed by atoms with Gasteiger partial charge in [0.25, 0.3) is 21.8 Å². The van der Waals surface area contributed by atoms with Crippen LogP contribution in [0.5, 0.6) is 0 Å². The SMILES string of the molecule is Cc1ccc(NS(=O)(=O)c2ccc(C(=O)NNC(=O)c3ccncc3)cc2)cc1. The zero-order valence-electron chi connectivity index (χ0n) is 15.4. The topological polar surface area (TPSA) is 117 Å². The van der Waals surface area contributed by atoms with Crippen LogP contribution in [-0.4, -0.2) is 25.2 Å². The second-order valence-corrected chi connectivity index (χ2v) is 7.82. The number of aryl methyl sites for hydroxylation is 1. The van der Waals surface area contributed by atoms with E-state index in [1.54, 1.807) is 24.3 Å². The van der Waals surface area contributed by atoms with Crippen LogP contribution in [0.25, 0.3) is 0 Å². The standard InChI is InChI=1S/C20H18N4O4S/c1-14-2-6-17(7-3-14)24-29(27,28)18-8-4-15(5-9-18)19(25)22-23-20(26)16-10-12-21-13-11-16/h2-13,24H,1H3,(H,22,25)(H,23,26). The van der Waals surface area contributed by atoms with Crippen molar-refractivity contribution >= 4 is 27.5 Å². The number of rotatable bonds is 5.